The van der Waals surface area contributed by atoms with E-state index in [4.69, 9.17) is 0 Å². The van der Waals surface area contributed by atoms with Gasteiger partial charge in [-0.15, -0.1) is 13.2 Å². The van der Waals surface area contributed by atoms with Gasteiger partial charge < -0.3 is 10.1 Å². The van der Waals surface area contributed by atoms with Crippen LogP contribution < -0.4 is 10.1 Å². The molecule has 0 saturated heterocycles. The van der Waals surface area contributed by atoms with Gasteiger partial charge in [-0.1, -0.05) is 6.92 Å². The van der Waals surface area contributed by atoms with Crippen molar-refractivity contribution in [2.45, 2.75) is 26.1 Å². The molecule has 0 bridgehead atoms. The molecule has 0 atom stereocenters. The Hall–Kier alpha value is -2.71. The van der Waals surface area contributed by atoms with Gasteiger partial charge in [-0.3, -0.25) is 9.78 Å². The van der Waals surface area contributed by atoms with Gasteiger partial charge in [0.15, 0.2) is 0 Å². The Morgan fingerprint density at radius 2 is 2.04 bits per heavy atom. The van der Waals surface area contributed by atoms with E-state index in [1.165, 1.54) is 12.3 Å². The Bertz CT molecular complexity index is 674. The number of amides is 1. The highest BCUT2D eigenvalue weighted by Gasteiger charge is 2.31. The molecule has 0 radical (unpaired) electrons. The molecule has 0 saturated carbocycles. The number of hydrogen-bond donors (Lipinski definition) is 1. The second kappa shape index (κ2) is 7.03. The van der Waals surface area contributed by atoms with Crippen molar-refractivity contribution in [2.24, 2.45) is 0 Å². The number of alkyl halides is 3. The van der Waals surface area contributed by atoms with Crippen LogP contribution in [0.3, 0.4) is 0 Å². The smallest absolute Gasteiger partial charge is 0.404 e. The molecular formula is C14H13F3N4O2. The zero-order valence-corrected chi connectivity index (χ0v) is 12.1. The van der Waals surface area contributed by atoms with E-state index in [9.17, 15) is 18.0 Å². The Labute approximate surface area is 129 Å². The Kier molecular flexibility index (Phi) is 5.09. The fourth-order valence-electron chi connectivity index (χ4n) is 1.70. The van der Waals surface area contributed by atoms with Crippen molar-refractivity contribution < 1.29 is 22.7 Å². The highest BCUT2D eigenvalue weighted by atomic mass is 19.4. The van der Waals surface area contributed by atoms with Gasteiger partial charge in [0, 0.05) is 18.3 Å². The zero-order valence-electron chi connectivity index (χ0n) is 12.1. The van der Waals surface area contributed by atoms with E-state index < -0.39 is 12.1 Å². The highest BCUT2D eigenvalue weighted by Crippen LogP contribution is 2.21. The number of ether oxygens (including phenoxy) is 1. The number of pyridine rings is 1. The van der Waals surface area contributed by atoms with Crippen molar-refractivity contribution in [3.63, 3.8) is 0 Å². The fraction of sp³-hybridized carbons (Fsp3) is 0.286. The first-order valence-electron chi connectivity index (χ1n) is 6.68. The van der Waals surface area contributed by atoms with Crippen LogP contribution in [0.25, 0.3) is 0 Å². The minimum atomic E-state index is -4.77. The van der Waals surface area contributed by atoms with Crippen molar-refractivity contribution in [3.8, 4) is 5.75 Å². The Balaban J connectivity index is 1.94. The number of carbonyl (C=O) groups is 1. The molecule has 1 N–H and O–H groups in total. The second-order valence-corrected chi connectivity index (χ2v) is 4.47. The van der Waals surface area contributed by atoms with Crippen LogP contribution in [0.1, 0.15) is 18.4 Å². The molecule has 1 amide bonds. The predicted octanol–water partition coefficient (Wildman–Crippen LogP) is 2.51. The number of hydrogen-bond acceptors (Lipinski definition) is 5. The Morgan fingerprint density at radius 3 is 2.65 bits per heavy atom. The van der Waals surface area contributed by atoms with Crippen LogP contribution >= 0.6 is 0 Å². The molecule has 2 aromatic heterocycles. The molecule has 0 aliphatic heterocycles. The van der Waals surface area contributed by atoms with Crippen LogP contribution in [0.2, 0.25) is 0 Å². The van der Waals surface area contributed by atoms with Crippen molar-refractivity contribution >= 4 is 11.7 Å². The second-order valence-electron chi connectivity index (χ2n) is 4.47. The first-order valence-corrected chi connectivity index (χ1v) is 6.68. The predicted molar refractivity (Wildman–Crippen MR) is 74.7 cm³/mol. The summed E-state index contributed by atoms with van der Waals surface area (Å²) in [6.07, 6.45) is -1.80. The standard InChI is InChI=1S/C14H13F3N4O2/c1-2-11-18-6-5-12(20-11)21-13(22)7-9-3-4-10(8-19-9)23-14(15,16)17/h3-6,8H,2,7H2,1H3,(H,18,20,21,22). The third kappa shape index (κ3) is 5.53. The first-order chi connectivity index (χ1) is 10.9. The van der Waals surface area contributed by atoms with Gasteiger partial charge >= 0.3 is 6.36 Å². The monoisotopic (exact) mass is 326 g/mol. The average Bonchev–Trinajstić information content (AvgIpc) is 2.48. The van der Waals surface area contributed by atoms with Crippen molar-refractivity contribution in [1.29, 1.82) is 0 Å². The summed E-state index contributed by atoms with van der Waals surface area (Å²) in [4.78, 5) is 23.8. The third-order valence-electron chi connectivity index (χ3n) is 2.66. The van der Waals surface area contributed by atoms with Crippen LogP contribution in [-0.4, -0.2) is 27.2 Å². The minimum absolute atomic E-state index is 0.0994. The molecule has 9 heteroatoms. The highest BCUT2D eigenvalue weighted by molar-refractivity contribution is 5.91. The van der Waals surface area contributed by atoms with Crippen LogP contribution in [0, 0.1) is 0 Å². The number of aryl methyl sites for hydroxylation is 1. The normalized spacial score (nSPS) is 11.1. The summed E-state index contributed by atoms with van der Waals surface area (Å²) < 4.78 is 39.8. The molecule has 0 aromatic carbocycles. The number of nitrogens with one attached hydrogen (secondary N) is 1. The Morgan fingerprint density at radius 1 is 1.26 bits per heavy atom. The first kappa shape index (κ1) is 16.7. The number of halogens is 3. The van der Waals surface area contributed by atoms with E-state index in [0.717, 1.165) is 12.3 Å². The molecule has 122 valence electrons. The maximum Gasteiger partial charge on any atom is 0.573 e. The summed E-state index contributed by atoms with van der Waals surface area (Å²) in [6, 6.07) is 3.94. The largest absolute Gasteiger partial charge is 0.573 e. The minimum Gasteiger partial charge on any atom is -0.404 e. The molecule has 2 rings (SSSR count). The number of nitrogens with zero attached hydrogens (tertiary/aromatic N) is 3. The quantitative estimate of drug-likeness (QED) is 0.913. The number of rotatable bonds is 5. The molecule has 2 heterocycles. The molecule has 0 aliphatic rings. The topological polar surface area (TPSA) is 77.0 Å². The molecule has 0 unspecified atom stereocenters. The molecule has 6 nitrogen and oxygen atoms in total. The maximum absolute atomic E-state index is 12.0. The molecule has 23 heavy (non-hydrogen) atoms. The summed E-state index contributed by atoms with van der Waals surface area (Å²) in [5.74, 6) is 0.126. The van der Waals surface area contributed by atoms with E-state index in [0.29, 0.717) is 23.8 Å². The summed E-state index contributed by atoms with van der Waals surface area (Å²) in [6.45, 7) is 1.88. The lowest BCUT2D eigenvalue weighted by atomic mass is 10.2. The van der Waals surface area contributed by atoms with Crippen LogP contribution in [0.4, 0.5) is 19.0 Å². The van der Waals surface area contributed by atoms with Crippen LogP contribution in [-0.2, 0) is 17.6 Å². The van der Waals surface area contributed by atoms with E-state index in [1.807, 2.05) is 6.92 Å². The number of carbonyl (C=O) groups excluding carboxylic acids is 1. The lowest BCUT2D eigenvalue weighted by Gasteiger charge is -2.09. The van der Waals surface area contributed by atoms with Gasteiger partial charge in [0.1, 0.15) is 17.4 Å². The van der Waals surface area contributed by atoms with Crippen molar-refractivity contribution in [2.75, 3.05) is 5.32 Å². The molecule has 0 spiro atoms. The maximum atomic E-state index is 12.0. The fourth-order valence-corrected chi connectivity index (χ4v) is 1.70. The zero-order chi connectivity index (χ0) is 16.9. The summed E-state index contributed by atoms with van der Waals surface area (Å²) >= 11 is 0. The lowest BCUT2D eigenvalue weighted by Crippen LogP contribution is -2.18. The van der Waals surface area contributed by atoms with E-state index >= 15 is 0 Å². The number of anilines is 1. The van der Waals surface area contributed by atoms with E-state index in [1.54, 1.807) is 6.07 Å². The molecular weight excluding hydrogens is 313 g/mol. The SMILES string of the molecule is CCc1nccc(NC(=O)Cc2ccc(OC(F)(F)F)cn2)n1. The van der Waals surface area contributed by atoms with Crippen LogP contribution in [0.15, 0.2) is 30.6 Å². The van der Waals surface area contributed by atoms with Gasteiger partial charge in [0.2, 0.25) is 5.91 Å². The third-order valence-corrected chi connectivity index (χ3v) is 2.66. The summed E-state index contributed by atoms with van der Waals surface area (Å²) in [5, 5.41) is 2.58. The van der Waals surface area contributed by atoms with E-state index in [2.05, 4.69) is 25.0 Å². The van der Waals surface area contributed by atoms with Gasteiger partial charge in [-0.2, -0.15) is 0 Å². The molecule has 0 aliphatic carbocycles. The van der Waals surface area contributed by atoms with Gasteiger partial charge in [0.05, 0.1) is 12.6 Å². The molecule has 0 fully saturated rings. The average molecular weight is 326 g/mol. The van der Waals surface area contributed by atoms with Gasteiger partial charge in [-0.05, 0) is 18.2 Å². The summed E-state index contributed by atoms with van der Waals surface area (Å²) in [7, 11) is 0. The van der Waals surface area contributed by atoms with Crippen molar-refractivity contribution in [3.05, 3.63) is 42.1 Å². The van der Waals surface area contributed by atoms with E-state index in [-0.39, 0.29) is 12.3 Å². The summed E-state index contributed by atoms with van der Waals surface area (Å²) in [5.41, 5.74) is 0.307. The number of aromatic nitrogens is 3. The molecule has 2 aromatic rings. The van der Waals surface area contributed by atoms with Crippen molar-refractivity contribution in [1.82, 2.24) is 15.0 Å². The van der Waals surface area contributed by atoms with Gasteiger partial charge in [0.25, 0.3) is 0 Å². The van der Waals surface area contributed by atoms with Gasteiger partial charge in [-0.25, -0.2) is 9.97 Å². The lowest BCUT2D eigenvalue weighted by molar-refractivity contribution is -0.274. The van der Waals surface area contributed by atoms with Crippen LogP contribution in [0.5, 0.6) is 5.75 Å².